The van der Waals surface area contributed by atoms with E-state index in [2.05, 4.69) is 15.9 Å². The molecule has 1 aromatic rings. The fourth-order valence-corrected chi connectivity index (χ4v) is 3.25. The molecule has 1 aromatic carbocycles. The summed E-state index contributed by atoms with van der Waals surface area (Å²) >= 11 is 3.11. The Balaban J connectivity index is 2.02. The summed E-state index contributed by atoms with van der Waals surface area (Å²) in [6.07, 6.45) is 1.85. The van der Waals surface area contributed by atoms with Crippen LogP contribution in [-0.4, -0.2) is 27.9 Å². The van der Waals surface area contributed by atoms with Crippen molar-refractivity contribution < 1.29 is 19.1 Å². The van der Waals surface area contributed by atoms with E-state index in [1.54, 1.807) is 17.0 Å². The predicted octanol–water partition coefficient (Wildman–Crippen LogP) is 2.72. The molecule has 0 spiro atoms. The molecule has 1 amide bonds. The molecule has 0 radical (unpaired) electrons. The molecule has 20 heavy (non-hydrogen) atoms. The van der Waals surface area contributed by atoms with Gasteiger partial charge in [-0.25, -0.2) is 4.39 Å². The molecule has 4 nitrogen and oxygen atoms in total. The van der Waals surface area contributed by atoms with E-state index >= 15 is 0 Å². The second-order valence-electron chi connectivity index (χ2n) is 5.30. The van der Waals surface area contributed by atoms with Crippen molar-refractivity contribution in [1.29, 1.82) is 0 Å². The number of rotatable bonds is 3. The molecule has 1 N–H and O–H groups in total. The third kappa shape index (κ3) is 2.22. The number of amides is 1. The summed E-state index contributed by atoms with van der Waals surface area (Å²) in [6.45, 7) is 0. The van der Waals surface area contributed by atoms with E-state index < -0.39 is 23.7 Å². The Kier molecular flexibility index (Phi) is 3.28. The van der Waals surface area contributed by atoms with Crippen molar-refractivity contribution in [2.24, 2.45) is 5.92 Å². The van der Waals surface area contributed by atoms with Crippen LogP contribution in [0.3, 0.4) is 0 Å². The summed E-state index contributed by atoms with van der Waals surface area (Å²) in [5.74, 6) is -2.26. The molecule has 3 rings (SSSR count). The van der Waals surface area contributed by atoms with Gasteiger partial charge in [-0.1, -0.05) is 6.07 Å². The molecule has 2 fully saturated rings. The van der Waals surface area contributed by atoms with Gasteiger partial charge in [0.1, 0.15) is 5.82 Å². The maximum atomic E-state index is 13.3. The van der Waals surface area contributed by atoms with Crippen molar-refractivity contribution in [2.45, 2.75) is 31.3 Å². The minimum Gasteiger partial charge on any atom is -0.481 e. The van der Waals surface area contributed by atoms with Gasteiger partial charge in [0.15, 0.2) is 0 Å². The number of carbonyl (C=O) groups is 2. The minimum absolute atomic E-state index is 0.0193. The minimum atomic E-state index is -0.980. The van der Waals surface area contributed by atoms with Gasteiger partial charge in [0.2, 0.25) is 5.91 Å². The lowest BCUT2D eigenvalue weighted by molar-refractivity contribution is -0.142. The predicted molar refractivity (Wildman–Crippen MR) is 72.5 cm³/mol. The van der Waals surface area contributed by atoms with E-state index in [-0.39, 0.29) is 22.8 Å². The van der Waals surface area contributed by atoms with Crippen molar-refractivity contribution in [1.82, 2.24) is 4.90 Å². The molecular formula is C14H13BrFNO3. The van der Waals surface area contributed by atoms with Crippen molar-refractivity contribution in [3.63, 3.8) is 0 Å². The summed E-state index contributed by atoms with van der Waals surface area (Å²) in [7, 11) is 0. The second kappa shape index (κ2) is 4.84. The molecule has 0 bridgehead atoms. The zero-order chi connectivity index (χ0) is 14.4. The van der Waals surface area contributed by atoms with Gasteiger partial charge >= 0.3 is 5.97 Å². The van der Waals surface area contributed by atoms with Gasteiger partial charge in [0.25, 0.3) is 0 Å². The number of halogens is 2. The third-order valence-corrected chi connectivity index (χ3v) is 4.51. The van der Waals surface area contributed by atoms with E-state index in [0.29, 0.717) is 5.56 Å². The van der Waals surface area contributed by atoms with Gasteiger partial charge in [-0.05, 0) is 46.5 Å². The van der Waals surface area contributed by atoms with Crippen molar-refractivity contribution in [3.05, 3.63) is 34.1 Å². The van der Waals surface area contributed by atoms with Gasteiger partial charge in [0, 0.05) is 12.5 Å². The first kappa shape index (κ1) is 13.5. The van der Waals surface area contributed by atoms with Crippen LogP contribution in [-0.2, 0) is 9.59 Å². The number of benzene rings is 1. The zero-order valence-electron chi connectivity index (χ0n) is 10.6. The smallest absolute Gasteiger partial charge is 0.309 e. The van der Waals surface area contributed by atoms with Crippen molar-refractivity contribution >= 4 is 27.8 Å². The van der Waals surface area contributed by atoms with Gasteiger partial charge in [0.05, 0.1) is 16.4 Å². The highest BCUT2D eigenvalue weighted by atomic mass is 79.9. The molecule has 1 aliphatic carbocycles. The molecular weight excluding hydrogens is 329 g/mol. The second-order valence-corrected chi connectivity index (χ2v) is 6.15. The summed E-state index contributed by atoms with van der Waals surface area (Å²) in [5, 5.41) is 9.34. The average molecular weight is 342 g/mol. The molecule has 2 unspecified atom stereocenters. The number of nitrogens with zero attached hydrogens (tertiary/aromatic N) is 1. The van der Waals surface area contributed by atoms with Crippen molar-refractivity contribution in [3.8, 4) is 0 Å². The van der Waals surface area contributed by atoms with Crippen LogP contribution in [0.15, 0.2) is 22.7 Å². The van der Waals surface area contributed by atoms with E-state index in [1.165, 1.54) is 6.07 Å². The molecule has 106 valence electrons. The molecule has 1 heterocycles. The Hall–Kier alpha value is -1.43. The summed E-state index contributed by atoms with van der Waals surface area (Å²) in [4.78, 5) is 25.2. The van der Waals surface area contributed by atoms with Crippen LogP contribution < -0.4 is 0 Å². The van der Waals surface area contributed by atoms with Crippen LogP contribution in [0.2, 0.25) is 0 Å². The number of carboxylic acid groups (broad SMARTS) is 1. The van der Waals surface area contributed by atoms with E-state index in [0.717, 1.165) is 12.8 Å². The van der Waals surface area contributed by atoms with E-state index in [9.17, 15) is 19.1 Å². The first-order valence-corrected chi connectivity index (χ1v) is 7.27. The first-order valence-electron chi connectivity index (χ1n) is 6.48. The highest BCUT2D eigenvalue weighted by molar-refractivity contribution is 9.10. The van der Waals surface area contributed by atoms with Gasteiger partial charge < -0.3 is 10.0 Å². The van der Waals surface area contributed by atoms with Gasteiger partial charge in [-0.3, -0.25) is 9.59 Å². The SMILES string of the molecule is O=C(O)C1CC(=O)N(C2CC2)C1c1ccc(F)c(Br)c1. The number of hydrogen-bond acceptors (Lipinski definition) is 2. The van der Waals surface area contributed by atoms with E-state index in [1.807, 2.05) is 0 Å². The monoisotopic (exact) mass is 341 g/mol. The largest absolute Gasteiger partial charge is 0.481 e. The molecule has 6 heteroatoms. The molecule has 1 aliphatic heterocycles. The van der Waals surface area contributed by atoms with Crippen LogP contribution in [0.1, 0.15) is 30.9 Å². The zero-order valence-corrected chi connectivity index (χ0v) is 12.1. The maximum absolute atomic E-state index is 13.3. The number of aliphatic carboxylic acids is 1. The molecule has 0 aromatic heterocycles. The van der Waals surface area contributed by atoms with Crippen LogP contribution in [0.5, 0.6) is 0 Å². The van der Waals surface area contributed by atoms with Gasteiger partial charge in [-0.15, -0.1) is 0 Å². The fourth-order valence-electron chi connectivity index (χ4n) is 2.85. The standard InChI is InChI=1S/C14H13BrFNO3/c15-10-5-7(1-4-11(10)16)13-9(14(19)20)6-12(18)17(13)8-2-3-8/h1,4-5,8-9,13H,2-3,6H2,(H,19,20). The number of carbonyl (C=O) groups excluding carboxylic acids is 1. The number of likely N-dealkylation sites (tertiary alicyclic amines) is 1. The average Bonchev–Trinajstić information content (AvgIpc) is 3.16. The third-order valence-electron chi connectivity index (χ3n) is 3.91. The maximum Gasteiger partial charge on any atom is 0.309 e. The Morgan fingerprint density at radius 3 is 2.65 bits per heavy atom. The van der Waals surface area contributed by atoms with Crippen LogP contribution in [0.25, 0.3) is 0 Å². The summed E-state index contributed by atoms with van der Waals surface area (Å²) in [6, 6.07) is 4.08. The first-order chi connectivity index (χ1) is 9.49. The number of carboxylic acids is 1. The molecule has 1 saturated carbocycles. The van der Waals surface area contributed by atoms with Crippen LogP contribution >= 0.6 is 15.9 Å². The lowest BCUT2D eigenvalue weighted by Crippen LogP contribution is -2.32. The Morgan fingerprint density at radius 2 is 2.10 bits per heavy atom. The molecule has 2 aliphatic rings. The number of hydrogen-bond donors (Lipinski definition) is 1. The topological polar surface area (TPSA) is 57.6 Å². The lowest BCUT2D eigenvalue weighted by atomic mass is 9.93. The highest BCUT2D eigenvalue weighted by Crippen LogP contribution is 2.45. The lowest BCUT2D eigenvalue weighted by Gasteiger charge is -2.27. The molecule has 2 atom stereocenters. The van der Waals surface area contributed by atoms with Crippen LogP contribution in [0.4, 0.5) is 4.39 Å². The Labute approximate surface area is 123 Å². The van der Waals surface area contributed by atoms with Gasteiger partial charge in [-0.2, -0.15) is 0 Å². The summed E-state index contributed by atoms with van der Waals surface area (Å²) in [5.41, 5.74) is 0.670. The summed E-state index contributed by atoms with van der Waals surface area (Å²) < 4.78 is 13.6. The Bertz CT molecular complexity index is 588. The highest BCUT2D eigenvalue weighted by Gasteiger charge is 2.49. The Morgan fingerprint density at radius 1 is 1.40 bits per heavy atom. The molecule has 1 saturated heterocycles. The quantitative estimate of drug-likeness (QED) is 0.919. The van der Waals surface area contributed by atoms with E-state index in [4.69, 9.17) is 0 Å². The van der Waals surface area contributed by atoms with Crippen LogP contribution in [0, 0.1) is 11.7 Å². The van der Waals surface area contributed by atoms with Crippen molar-refractivity contribution in [2.75, 3.05) is 0 Å². The fraction of sp³-hybridized carbons (Fsp3) is 0.429. The normalized spacial score (nSPS) is 26.1.